The second-order valence-corrected chi connectivity index (χ2v) is 6.10. The molecule has 0 aliphatic heterocycles. The highest BCUT2D eigenvalue weighted by Gasteiger charge is 2.29. The Balaban J connectivity index is 3.28. The van der Waals surface area contributed by atoms with E-state index >= 15 is 0 Å². The molecule has 8 nitrogen and oxygen atoms in total. The number of rotatable bonds is 8. The predicted molar refractivity (Wildman–Crippen MR) is 78.9 cm³/mol. The molecule has 9 heteroatoms. The van der Waals surface area contributed by atoms with Gasteiger partial charge in [0.05, 0.1) is 11.5 Å². The average molecular weight is 317 g/mol. The number of ether oxygens (including phenoxy) is 1. The zero-order valence-corrected chi connectivity index (χ0v) is 12.9. The van der Waals surface area contributed by atoms with Crippen molar-refractivity contribution in [3.8, 4) is 0 Å². The van der Waals surface area contributed by atoms with Gasteiger partial charge < -0.3 is 10.1 Å². The first-order valence-corrected chi connectivity index (χ1v) is 7.84. The van der Waals surface area contributed by atoms with Gasteiger partial charge in [0.1, 0.15) is 5.69 Å². The minimum Gasteiger partial charge on any atom is -0.383 e. The molecule has 0 heterocycles. The van der Waals surface area contributed by atoms with Crippen molar-refractivity contribution in [1.29, 1.82) is 0 Å². The van der Waals surface area contributed by atoms with Gasteiger partial charge in [0.2, 0.25) is 10.0 Å². The van der Waals surface area contributed by atoms with Gasteiger partial charge in [-0.2, -0.15) is 0 Å². The highest BCUT2D eigenvalue weighted by Crippen LogP contribution is 2.31. The normalized spacial score (nSPS) is 12.9. The van der Waals surface area contributed by atoms with Crippen LogP contribution in [0.3, 0.4) is 0 Å². The Morgan fingerprint density at radius 1 is 1.43 bits per heavy atom. The van der Waals surface area contributed by atoms with Crippen LogP contribution in [0.25, 0.3) is 0 Å². The SMILES string of the molecule is CCNc1cccc(S(=O)(=O)NC(C)COC)c1[N+](=O)[O-]. The molecule has 0 aromatic heterocycles. The van der Waals surface area contributed by atoms with Gasteiger partial charge in [0, 0.05) is 19.7 Å². The first kappa shape index (κ1) is 17.3. The van der Waals surface area contributed by atoms with Crippen LogP contribution in [0.2, 0.25) is 0 Å². The van der Waals surface area contributed by atoms with Gasteiger partial charge in [-0.15, -0.1) is 0 Å². The summed E-state index contributed by atoms with van der Waals surface area (Å²) in [6.07, 6.45) is 0. The summed E-state index contributed by atoms with van der Waals surface area (Å²) in [6, 6.07) is 3.64. The smallest absolute Gasteiger partial charge is 0.312 e. The van der Waals surface area contributed by atoms with Gasteiger partial charge in [0.15, 0.2) is 4.90 Å². The van der Waals surface area contributed by atoms with E-state index < -0.39 is 26.7 Å². The van der Waals surface area contributed by atoms with Crippen LogP contribution in [-0.2, 0) is 14.8 Å². The van der Waals surface area contributed by atoms with Gasteiger partial charge in [-0.05, 0) is 26.0 Å². The summed E-state index contributed by atoms with van der Waals surface area (Å²) in [7, 11) is -2.57. The van der Waals surface area contributed by atoms with E-state index in [0.29, 0.717) is 6.54 Å². The molecule has 118 valence electrons. The fourth-order valence-corrected chi connectivity index (χ4v) is 3.29. The van der Waals surface area contributed by atoms with Crippen LogP contribution in [0.5, 0.6) is 0 Å². The Labute approximate surface area is 123 Å². The number of nitrogens with one attached hydrogen (secondary N) is 2. The molecule has 1 unspecified atom stereocenters. The van der Waals surface area contributed by atoms with Crippen molar-refractivity contribution in [1.82, 2.24) is 4.72 Å². The first-order valence-electron chi connectivity index (χ1n) is 6.36. The molecular formula is C12H19N3O5S. The van der Waals surface area contributed by atoms with E-state index in [4.69, 9.17) is 4.74 Å². The second kappa shape index (κ2) is 7.34. The van der Waals surface area contributed by atoms with E-state index in [1.165, 1.54) is 25.3 Å². The van der Waals surface area contributed by atoms with Crippen LogP contribution in [-0.4, -0.2) is 39.6 Å². The third-order valence-corrected chi connectivity index (χ3v) is 4.23. The Bertz CT molecular complexity index is 603. The molecule has 21 heavy (non-hydrogen) atoms. The summed E-state index contributed by atoms with van der Waals surface area (Å²) in [4.78, 5) is 10.2. The van der Waals surface area contributed by atoms with Crippen molar-refractivity contribution in [3.05, 3.63) is 28.3 Å². The molecule has 0 radical (unpaired) electrons. The van der Waals surface area contributed by atoms with E-state index in [2.05, 4.69) is 10.0 Å². The van der Waals surface area contributed by atoms with Crippen molar-refractivity contribution >= 4 is 21.4 Å². The number of sulfonamides is 1. The van der Waals surface area contributed by atoms with E-state index in [1.807, 2.05) is 0 Å². The number of anilines is 1. The number of para-hydroxylation sites is 1. The van der Waals surface area contributed by atoms with Crippen molar-refractivity contribution < 1.29 is 18.1 Å². The standard InChI is InChI=1S/C12H19N3O5S/c1-4-13-10-6-5-7-11(12(10)15(16)17)21(18,19)14-9(2)8-20-3/h5-7,9,13-14H,4,8H2,1-3H3. The van der Waals surface area contributed by atoms with E-state index in [-0.39, 0.29) is 17.2 Å². The summed E-state index contributed by atoms with van der Waals surface area (Å²) in [5.74, 6) is 0. The number of nitrogens with zero attached hydrogens (tertiary/aromatic N) is 1. The molecule has 1 atom stereocenters. The van der Waals surface area contributed by atoms with Gasteiger partial charge in [-0.1, -0.05) is 6.07 Å². The predicted octanol–water partition coefficient (Wildman–Crippen LogP) is 1.34. The van der Waals surface area contributed by atoms with Crippen LogP contribution in [0.1, 0.15) is 13.8 Å². The quantitative estimate of drug-likeness (QED) is 0.553. The summed E-state index contributed by atoms with van der Waals surface area (Å²) in [6.45, 7) is 3.99. The lowest BCUT2D eigenvalue weighted by Gasteiger charge is -2.14. The third kappa shape index (κ3) is 4.38. The highest BCUT2D eigenvalue weighted by atomic mass is 32.2. The first-order chi connectivity index (χ1) is 9.83. The fourth-order valence-electron chi connectivity index (χ4n) is 1.87. The maximum atomic E-state index is 12.3. The molecule has 0 aliphatic carbocycles. The number of methoxy groups -OCH3 is 1. The molecule has 2 N–H and O–H groups in total. The Morgan fingerprint density at radius 2 is 2.10 bits per heavy atom. The minimum atomic E-state index is -4.01. The van der Waals surface area contributed by atoms with Crippen molar-refractivity contribution in [2.24, 2.45) is 0 Å². The Morgan fingerprint density at radius 3 is 2.62 bits per heavy atom. The third-order valence-electron chi connectivity index (χ3n) is 2.61. The molecule has 0 bridgehead atoms. The summed E-state index contributed by atoms with van der Waals surface area (Å²) < 4.78 is 31.8. The lowest BCUT2D eigenvalue weighted by molar-refractivity contribution is -0.386. The number of benzene rings is 1. The number of nitro groups is 1. The Hall–Kier alpha value is -1.71. The van der Waals surface area contributed by atoms with E-state index in [1.54, 1.807) is 13.8 Å². The molecule has 1 rings (SSSR count). The van der Waals surface area contributed by atoms with Crippen LogP contribution in [0.15, 0.2) is 23.1 Å². The number of hydrogen-bond acceptors (Lipinski definition) is 6. The van der Waals surface area contributed by atoms with E-state index in [9.17, 15) is 18.5 Å². The van der Waals surface area contributed by atoms with Crippen molar-refractivity contribution in [3.63, 3.8) is 0 Å². The molecule has 0 saturated carbocycles. The molecule has 1 aromatic rings. The van der Waals surface area contributed by atoms with Gasteiger partial charge in [0.25, 0.3) is 0 Å². The maximum absolute atomic E-state index is 12.3. The zero-order valence-electron chi connectivity index (χ0n) is 12.1. The van der Waals surface area contributed by atoms with Crippen molar-refractivity contribution in [2.45, 2.75) is 24.8 Å². The molecule has 0 aliphatic rings. The average Bonchev–Trinajstić information content (AvgIpc) is 2.38. The van der Waals surface area contributed by atoms with Gasteiger partial charge in [-0.3, -0.25) is 10.1 Å². The Kier molecular flexibility index (Phi) is 6.06. The summed E-state index contributed by atoms with van der Waals surface area (Å²) in [5, 5.41) is 14.0. The summed E-state index contributed by atoms with van der Waals surface area (Å²) in [5.41, 5.74) is -0.291. The van der Waals surface area contributed by atoms with Crippen molar-refractivity contribution in [2.75, 3.05) is 25.6 Å². The lowest BCUT2D eigenvalue weighted by atomic mass is 10.2. The van der Waals surface area contributed by atoms with Gasteiger partial charge in [-0.25, -0.2) is 13.1 Å². The highest BCUT2D eigenvalue weighted by molar-refractivity contribution is 7.89. The van der Waals surface area contributed by atoms with Crippen LogP contribution >= 0.6 is 0 Å². The molecule has 0 spiro atoms. The number of nitro benzene ring substituents is 1. The second-order valence-electron chi connectivity index (χ2n) is 4.42. The molecule has 1 aromatic carbocycles. The largest absolute Gasteiger partial charge is 0.383 e. The van der Waals surface area contributed by atoms with Crippen LogP contribution < -0.4 is 10.0 Å². The monoisotopic (exact) mass is 317 g/mol. The number of hydrogen-bond donors (Lipinski definition) is 2. The topological polar surface area (TPSA) is 111 Å². The minimum absolute atomic E-state index is 0.167. The fraction of sp³-hybridized carbons (Fsp3) is 0.500. The molecule has 0 fully saturated rings. The molecular weight excluding hydrogens is 298 g/mol. The lowest BCUT2D eigenvalue weighted by Crippen LogP contribution is -2.35. The summed E-state index contributed by atoms with van der Waals surface area (Å²) >= 11 is 0. The zero-order chi connectivity index (χ0) is 16.0. The molecule has 0 amide bonds. The van der Waals surface area contributed by atoms with Crippen LogP contribution in [0.4, 0.5) is 11.4 Å². The molecule has 0 saturated heterocycles. The van der Waals surface area contributed by atoms with Crippen LogP contribution in [0, 0.1) is 10.1 Å². The van der Waals surface area contributed by atoms with Gasteiger partial charge >= 0.3 is 5.69 Å². The maximum Gasteiger partial charge on any atom is 0.312 e. The van der Waals surface area contributed by atoms with E-state index in [0.717, 1.165) is 0 Å².